The molecule has 0 saturated heterocycles. The van der Waals surface area contributed by atoms with Crippen molar-refractivity contribution in [3.63, 3.8) is 0 Å². The van der Waals surface area contributed by atoms with Gasteiger partial charge in [0.15, 0.2) is 11.1 Å². The van der Waals surface area contributed by atoms with Crippen LogP contribution in [-0.2, 0) is 0 Å². The number of para-hydroxylation sites is 1. The molecule has 0 unspecified atom stereocenters. The predicted molar refractivity (Wildman–Crippen MR) is 133 cm³/mol. The van der Waals surface area contributed by atoms with E-state index in [-0.39, 0.29) is 0 Å². The largest absolute Gasteiger partial charge is 0.380 e. The number of aromatic nitrogens is 2. The molecule has 0 radical (unpaired) electrons. The van der Waals surface area contributed by atoms with Crippen molar-refractivity contribution in [1.82, 2.24) is 9.78 Å². The Labute approximate surface area is 183 Å². The molecular weight excluding hydrogens is 397 g/mol. The molecule has 0 aliphatic carbocycles. The van der Waals surface area contributed by atoms with E-state index in [0.717, 1.165) is 11.0 Å². The molecule has 0 fully saturated rings. The maximum absolute atomic E-state index is 6.86. The molecule has 1 heterocycles. The van der Waals surface area contributed by atoms with E-state index in [2.05, 4.69) is 91.0 Å². The van der Waals surface area contributed by atoms with Crippen molar-refractivity contribution in [2.45, 2.75) is 0 Å². The first-order valence-electron chi connectivity index (χ1n) is 10.3. The highest BCUT2D eigenvalue weighted by Crippen LogP contribution is 2.55. The van der Waals surface area contributed by atoms with Crippen molar-refractivity contribution in [2.75, 3.05) is 5.73 Å². The van der Waals surface area contributed by atoms with Gasteiger partial charge >= 0.3 is 0 Å². The van der Waals surface area contributed by atoms with Gasteiger partial charge in [-0.05, 0) is 48.5 Å². The molecule has 4 aromatic carbocycles. The second kappa shape index (κ2) is 8.22. The summed E-state index contributed by atoms with van der Waals surface area (Å²) in [5.74, 6) is 0.677. The van der Waals surface area contributed by atoms with Crippen LogP contribution in [0.25, 0.3) is 5.69 Å². The van der Waals surface area contributed by atoms with E-state index in [1.807, 2.05) is 41.2 Å². The van der Waals surface area contributed by atoms with Crippen LogP contribution in [0.1, 0.15) is 0 Å². The van der Waals surface area contributed by atoms with Crippen LogP contribution in [0, 0.1) is 0 Å². The molecule has 150 valence electrons. The van der Waals surface area contributed by atoms with Gasteiger partial charge in [-0.15, -0.1) is 0 Å². The predicted octanol–water partition coefficient (Wildman–Crippen LogP) is 4.07. The molecule has 2 N–H and O–H groups in total. The van der Waals surface area contributed by atoms with Crippen molar-refractivity contribution in [1.29, 1.82) is 0 Å². The zero-order valence-electron chi connectivity index (χ0n) is 17.0. The zero-order valence-corrected chi connectivity index (χ0v) is 17.9. The summed E-state index contributed by atoms with van der Waals surface area (Å²) in [6.45, 7) is 0. The number of anilines is 1. The van der Waals surface area contributed by atoms with Gasteiger partial charge in [0, 0.05) is 0 Å². The molecule has 4 heteroatoms. The average Bonchev–Trinajstić information content (AvgIpc) is 3.24. The number of rotatable bonds is 5. The quantitative estimate of drug-likeness (QED) is 0.436. The van der Waals surface area contributed by atoms with Crippen LogP contribution in [0.15, 0.2) is 128 Å². The Kier molecular flexibility index (Phi) is 5.11. The summed E-state index contributed by atoms with van der Waals surface area (Å²) in [6, 6.07) is 42.2. The topological polar surface area (TPSA) is 43.8 Å². The highest BCUT2D eigenvalue weighted by molar-refractivity contribution is 8.01. The Morgan fingerprint density at radius 2 is 0.935 bits per heavy atom. The molecule has 0 atom stereocenters. The third kappa shape index (κ3) is 3.24. The number of hydrogen-bond acceptors (Lipinski definition) is 2. The van der Waals surface area contributed by atoms with Crippen molar-refractivity contribution in [3.05, 3.63) is 128 Å². The number of nitrogens with two attached hydrogens (primary N) is 1. The van der Waals surface area contributed by atoms with E-state index in [9.17, 15) is 0 Å². The summed E-state index contributed by atoms with van der Waals surface area (Å²) in [5, 5.41) is 9.59. The number of hydrogen-bond donors (Lipinski definition) is 1. The Bertz CT molecular complexity index is 1170. The lowest BCUT2D eigenvalue weighted by Crippen LogP contribution is -2.39. The van der Waals surface area contributed by atoms with Crippen LogP contribution in [0.3, 0.4) is 0 Å². The fourth-order valence-electron chi connectivity index (χ4n) is 4.20. The van der Waals surface area contributed by atoms with Gasteiger partial charge in [0.2, 0.25) is 0 Å². The fraction of sp³-hybridized carbons (Fsp3) is 0. The van der Waals surface area contributed by atoms with E-state index in [0.29, 0.717) is 5.82 Å². The van der Waals surface area contributed by atoms with E-state index in [4.69, 9.17) is 10.8 Å². The fourth-order valence-corrected chi connectivity index (χ4v) is 8.45. The van der Waals surface area contributed by atoms with Crippen LogP contribution in [0.4, 0.5) is 5.82 Å². The zero-order chi connectivity index (χ0) is 21.1. The highest BCUT2D eigenvalue weighted by Gasteiger charge is 2.50. The number of nitrogen functional groups attached to an aromatic ring is 1. The normalized spacial score (nSPS) is 11.4. The van der Waals surface area contributed by atoms with Crippen molar-refractivity contribution in [2.24, 2.45) is 0 Å². The Morgan fingerprint density at radius 3 is 1.35 bits per heavy atom. The second-order valence-corrected chi connectivity index (χ2v) is 10.7. The first kappa shape index (κ1) is 19.3. The number of benzene rings is 4. The summed E-state index contributed by atoms with van der Waals surface area (Å²) < 4.78 is 1.85. The molecule has 1 aromatic heterocycles. The molecule has 31 heavy (non-hydrogen) atoms. The minimum atomic E-state index is -2.25. The summed E-state index contributed by atoms with van der Waals surface area (Å²) in [4.78, 5) is 0. The molecule has 0 aliphatic heterocycles. The number of nitrogens with zero attached hydrogens (tertiary/aromatic N) is 2. The SMILES string of the molecule is Nc1c([P+](c2ccccc2)(c2ccccc2)c2ccccc2)cnn1-c1ccccc1. The lowest BCUT2D eigenvalue weighted by atomic mass is 10.3. The van der Waals surface area contributed by atoms with Crippen molar-refractivity contribution in [3.8, 4) is 5.69 Å². The van der Waals surface area contributed by atoms with Gasteiger partial charge in [0.25, 0.3) is 0 Å². The molecule has 0 saturated carbocycles. The molecule has 0 spiro atoms. The van der Waals surface area contributed by atoms with E-state index < -0.39 is 7.26 Å². The van der Waals surface area contributed by atoms with Gasteiger partial charge in [0.1, 0.15) is 23.2 Å². The lowest BCUT2D eigenvalue weighted by Gasteiger charge is -2.26. The summed E-state index contributed by atoms with van der Waals surface area (Å²) >= 11 is 0. The standard InChI is InChI=1S/C27H23N3P/c28-27-26(21-29-30(27)22-13-5-1-6-14-22)31(23-15-7-2-8-16-23,24-17-9-3-10-18-24)25-19-11-4-12-20-25/h1-21H,28H2/q+1. The van der Waals surface area contributed by atoms with Crippen LogP contribution in [0.2, 0.25) is 0 Å². The van der Waals surface area contributed by atoms with Crippen LogP contribution < -0.4 is 27.0 Å². The molecule has 0 bridgehead atoms. The maximum Gasteiger partial charge on any atom is 0.171 e. The smallest absolute Gasteiger partial charge is 0.171 e. The average molecular weight is 420 g/mol. The molecule has 0 amide bonds. The summed E-state index contributed by atoms with van der Waals surface area (Å²) in [7, 11) is -2.25. The third-order valence-electron chi connectivity index (χ3n) is 5.58. The summed E-state index contributed by atoms with van der Waals surface area (Å²) in [5.41, 5.74) is 7.82. The first-order valence-corrected chi connectivity index (χ1v) is 12.1. The molecule has 3 nitrogen and oxygen atoms in total. The molecule has 5 aromatic rings. The summed E-state index contributed by atoms with van der Waals surface area (Å²) in [6.07, 6.45) is 1.96. The lowest BCUT2D eigenvalue weighted by molar-refractivity contribution is 0.891. The minimum Gasteiger partial charge on any atom is -0.380 e. The minimum absolute atomic E-state index is 0.677. The van der Waals surface area contributed by atoms with E-state index in [1.165, 1.54) is 15.9 Å². The van der Waals surface area contributed by atoms with Crippen LogP contribution in [0.5, 0.6) is 0 Å². The van der Waals surface area contributed by atoms with Gasteiger partial charge in [-0.1, -0.05) is 72.8 Å². The second-order valence-electron chi connectivity index (χ2n) is 7.34. The third-order valence-corrected chi connectivity index (χ3v) is 9.86. The van der Waals surface area contributed by atoms with E-state index >= 15 is 0 Å². The van der Waals surface area contributed by atoms with Gasteiger partial charge < -0.3 is 5.73 Å². The molecular formula is C27H23N3P+. The van der Waals surface area contributed by atoms with E-state index in [1.54, 1.807) is 0 Å². The van der Waals surface area contributed by atoms with Crippen LogP contribution in [-0.4, -0.2) is 9.78 Å². The Hall–Kier alpha value is -3.68. The Balaban J connectivity index is 1.87. The van der Waals surface area contributed by atoms with Gasteiger partial charge in [0.05, 0.1) is 11.9 Å². The maximum atomic E-state index is 6.86. The highest BCUT2D eigenvalue weighted by atomic mass is 31.2. The van der Waals surface area contributed by atoms with Gasteiger partial charge in [-0.3, -0.25) is 0 Å². The molecule has 0 aliphatic rings. The van der Waals surface area contributed by atoms with Crippen molar-refractivity contribution >= 4 is 34.3 Å². The van der Waals surface area contributed by atoms with Gasteiger partial charge in [-0.25, -0.2) is 4.68 Å². The first-order chi connectivity index (χ1) is 15.3. The Morgan fingerprint density at radius 1 is 0.548 bits per heavy atom. The monoisotopic (exact) mass is 420 g/mol. The van der Waals surface area contributed by atoms with Crippen LogP contribution >= 0.6 is 7.26 Å². The van der Waals surface area contributed by atoms with Gasteiger partial charge in [-0.2, -0.15) is 5.10 Å². The molecule has 5 rings (SSSR count). The van der Waals surface area contributed by atoms with Crippen molar-refractivity contribution < 1.29 is 0 Å².